The van der Waals surface area contributed by atoms with Crippen LogP contribution in [-0.2, 0) is 26.9 Å². The van der Waals surface area contributed by atoms with E-state index in [0.29, 0.717) is 0 Å². The number of carbonyl (C=O) groups excluding carboxylic acids is 1. The van der Waals surface area contributed by atoms with E-state index >= 15 is 0 Å². The Hall–Kier alpha value is -1.36. The lowest BCUT2D eigenvalue weighted by atomic mass is 10.0. The monoisotopic (exact) mass is 196 g/mol. The van der Waals surface area contributed by atoms with E-state index in [1.54, 1.807) is 10.9 Å². The minimum absolute atomic E-state index is 0.337. The molecule has 1 saturated heterocycles. The van der Waals surface area contributed by atoms with Crippen LogP contribution in [0.25, 0.3) is 0 Å². The zero-order valence-corrected chi connectivity index (χ0v) is 8.35. The van der Waals surface area contributed by atoms with Gasteiger partial charge >= 0.3 is 5.97 Å². The molecule has 5 nitrogen and oxygen atoms in total. The van der Waals surface area contributed by atoms with Crippen LogP contribution in [0.1, 0.15) is 12.5 Å². The summed E-state index contributed by atoms with van der Waals surface area (Å²) in [5, 5.41) is 4.03. The third-order valence-corrected chi connectivity index (χ3v) is 2.50. The first-order valence-electron chi connectivity index (χ1n) is 4.32. The maximum absolute atomic E-state index is 11.2. The Balaban J connectivity index is 2.18. The van der Waals surface area contributed by atoms with E-state index in [0.717, 1.165) is 5.56 Å². The SMILES string of the molecule is COC(=O)C1OC1(C)c1cnn(C)c1. The fraction of sp³-hybridized carbons (Fsp3) is 0.556. The van der Waals surface area contributed by atoms with Gasteiger partial charge in [0.25, 0.3) is 0 Å². The first kappa shape index (κ1) is 9.21. The van der Waals surface area contributed by atoms with Crippen molar-refractivity contribution in [3.8, 4) is 0 Å². The predicted octanol–water partition coefficient (Wildman–Crippen LogP) is 0.207. The molecule has 2 heterocycles. The Kier molecular flexibility index (Phi) is 1.85. The number of aromatic nitrogens is 2. The molecule has 14 heavy (non-hydrogen) atoms. The third-order valence-electron chi connectivity index (χ3n) is 2.50. The molecule has 1 aromatic heterocycles. The Bertz CT molecular complexity index is 374. The molecule has 0 radical (unpaired) electrons. The molecule has 1 aliphatic rings. The lowest BCUT2D eigenvalue weighted by Crippen LogP contribution is -2.17. The summed E-state index contributed by atoms with van der Waals surface area (Å²) >= 11 is 0. The summed E-state index contributed by atoms with van der Waals surface area (Å²) < 4.78 is 11.6. The molecule has 2 rings (SSSR count). The molecule has 0 amide bonds. The second-order valence-corrected chi connectivity index (χ2v) is 3.53. The minimum Gasteiger partial charge on any atom is -0.467 e. The highest BCUT2D eigenvalue weighted by molar-refractivity contribution is 5.79. The number of nitrogens with zero attached hydrogens (tertiary/aromatic N) is 2. The van der Waals surface area contributed by atoms with E-state index in [1.165, 1.54) is 7.11 Å². The summed E-state index contributed by atoms with van der Waals surface area (Å²) in [4.78, 5) is 11.2. The summed E-state index contributed by atoms with van der Waals surface area (Å²) in [6.45, 7) is 1.85. The zero-order chi connectivity index (χ0) is 10.3. The lowest BCUT2D eigenvalue weighted by Gasteiger charge is -2.00. The molecule has 0 saturated carbocycles. The lowest BCUT2D eigenvalue weighted by molar-refractivity contribution is -0.142. The van der Waals surface area contributed by atoms with Crippen LogP contribution in [0.15, 0.2) is 12.4 Å². The molecule has 76 valence electrons. The van der Waals surface area contributed by atoms with Gasteiger partial charge in [0, 0.05) is 18.8 Å². The molecule has 0 aromatic carbocycles. The van der Waals surface area contributed by atoms with Crippen LogP contribution in [0.3, 0.4) is 0 Å². The van der Waals surface area contributed by atoms with E-state index in [2.05, 4.69) is 9.84 Å². The van der Waals surface area contributed by atoms with Crippen molar-refractivity contribution in [2.45, 2.75) is 18.6 Å². The average molecular weight is 196 g/mol. The predicted molar refractivity (Wildman–Crippen MR) is 47.4 cm³/mol. The summed E-state index contributed by atoms with van der Waals surface area (Å²) in [6.07, 6.45) is 3.04. The standard InChI is InChI=1S/C9H12N2O3/c1-9(6-4-10-11(2)5-6)7(14-9)8(12)13-3/h4-5,7H,1-3H3. The van der Waals surface area contributed by atoms with Crippen molar-refractivity contribution in [2.75, 3.05) is 7.11 Å². The first-order chi connectivity index (χ1) is 6.58. The quantitative estimate of drug-likeness (QED) is 0.501. The molecule has 2 atom stereocenters. The van der Waals surface area contributed by atoms with Crippen molar-refractivity contribution in [3.05, 3.63) is 18.0 Å². The summed E-state index contributed by atoms with van der Waals surface area (Å²) in [7, 11) is 3.18. The Labute approximate surface area is 81.6 Å². The molecule has 0 bridgehead atoms. The van der Waals surface area contributed by atoms with E-state index in [4.69, 9.17) is 4.74 Å². The van der Waals surface area contributed by atoms with Gasteiger partial charge < -0.3 is 9.47 Å². The summed E-state index contributed by atoms with van der Waals surface area (Å²) in [5.74, 6) is -0.337. The summed E-state index contributed by atoms with van der Waals surface area (Å²) in [5.41, 5.74) is 0.344. The maximum atomic E-state index is 11.2. The van der Waals surface area contributed by atoms with Crippen LogP contribution in [0.2, 0.25) is 0 Å². The topological polar surface area (TPSA) is 56.6 Å². The van der Waals surface area contributed by atoms with Gasteiger partial charge in [-0.15, -0.1) is 0 Å². The molecule has 0 N–H and O–H groups in total. The van der Waals surface area contributed by atoms with Crippen LogP contribution in [0.4, 0.5) is 0 Å². The van der Waals surface area contributed by atoms with Gasteiger partial charge in [0.1, 0.15) is 5.60 Å². The van der Waals surface area contributed by atoms with Crippen LogP contribution in [0, 0.1) is 0 Å². The first-order valence-corrected chi connectivity index (χ1v) is 4.32. The van der Waals surface area contributed by atoms with Crippen LogP contribution in [-0.4, -0.2) is 29.0 Å². The van der Waals surface area contributed by atoms with E-state index in [1.807, 2.05) is 20.2 Å². The Morgan fingerprint density at radius 3 is 3.00 bits per heavy atom. The van der Waals surface area contributed by atoms with Crippen molar-refractivity contribution < 1.29 is 14.3 Å². The molecular formula is C9H12N2O3. The number of epoxide rings is 1. The molecule has 0 aliphatic carbocycles. The number of methoxy groups -OCH3 is 1. The van der Waals surface area contributed by atoms with Crippen molar-refractivity contribution in [3.63, 3.8) is 0 Å². The molecule has 2 unspecified atom stereocenters. The van der Waals surface area contributed by atoms with E-state index < -0.39 is 11.7 Å². The normalized spacial score (nSPS) is 30.1. The zero-order valence-electron chi connectivity index (χ0n) is 8.35. The number of hydrogen-bond donors (Lipinski definition) is 0. The second-order valence-electron chi connectivity index (χ2n) is 3.53. The molecule has 0 spiro atoms. The second kappa shape index (κ2) is 2.81. The van der Waals surface area contributed by atoms with Gasteiger partial charge in [0.2, 0.25) is 0 Å². The van der Waals surface area contributed by atoms with Crippen molar-refractivity contribution >= 4 is 5.97 Å². The highest BCUT2D eigenvalue weighted by atomic mass is 16.6. The number of carbonyl (C=O) groups is 1. The van der Waals surface area contributed by atoms with Crippen LogP contribution >= 0.6 is 0 Å². The highest BCUT2D eigenvalue weighted by Gasteiger charge is 2.59. The number of aryl methyl sites for hydroxylation is 1. The Morgan fingerprint density at radius 1 is 1.79 bits per heavy atom. The minimum atomic E-state index is -0.554. The van der Waals surface area contributed by atoms with Gasteiger partial charge in [-0.05, 0) is 6.92 Å². The number of esters is 1. The summed E-state index contributed by atoms with van der Waals surface area (Å²) in [6, 6.07) is 0. The fourth-order valence-corrected chi connectivity index (χ4v) is 1.49. The fourth-order valence-electron chi connectivity index (χ4n) is 1.49. The van der Waals surface area contributed by atoms with E-state index in [9.17, 15) is 4.79 Å². The van der Waals surface area contributed by atoms with Gasteiger partial charge in [0.15, 0.2) is 6.10 Å². The molecule has 1 fully saturated rings. The number of rotatable bonds is 2. The smallest absolute Gasteiger partial charge is 0.338 e. The average Bonchev–Trinajstić information content (AvgIpc) is 2.65. The number of ether oxygens (including phenoxy) is 2. The van der Waals surface area contributed by atoms with Gasteiger partial charge in [-0.25, -0.2) is 4.79 Å². The largest absolute Gasteiger partial charge is 0.467 e. The van der Waals surface area contributed by atoms with Crippen molar-refractivity contribution in [1.82, 2.24) is 9.78 Å². The van der Waals surface area contributed by atoms with Gasteiger partial charge in [-0.3, -0.25) is 4.68 Å². The third kappa shape index (κ3) is 1.21. The van der Waals surface area contributed by atoms with E-state index in [-0.39, 0.29) is 5.97 Å². The van der Waals surface area contributed by atoms with Gasteiger partial charge in [-0.1, -0.05) is 0 Å². The maximum Gasteiger partial charge on any atom is 0.338 e. The molecule has 1 aromatic rings. The molecular weight excluding hydrogens is 184 g/mol. The van der Waals surface area contributed by atoms with Crippen LogP contribution < -0.4 is 0 Å². The number of hydrogen-bond acceptors (Lipinski definition) is 4. The van der Waals surface area contributed by atoms with Gasteiger partial charge in [0.05, 0.1) is 13.3 Å². The van der Waals surface area contributed by atoms with Crippen molar-refractivity contribution in [2.24, 2.45) is 7.05 Å². The Morgan fingerprint density at radius 2 is 2.50 bits per heavy atom. The van der Waals surface area contributed by atoms with Gasteiger partial charge in [-0.2, -0.15) is 5.10 Å². The van der Waals surface area contributed by atoms with Crippen LogP contribution in [0.5, 0.6) is 0 Å². The van der Waals surface area contributed by atoms with Crippen molar-refractivity contribution in [1.29, 1.82) is 0 Å². The molecule has 1 aliphatic heterocycles. The molecule has 5 heteroatoms. The highest BCUT2D eigenvalue weighted by Crippen LogP contribution is 2.46.